The number of benzene rings is 2. The minimum atomic E-state index is 0.0204. The molecule has 0 saturated heterocycles. The van der Waals surface area contributed by atoms with Gasteiger partial charge >= 0.3 is 0 Å². The first-order chi connectivity index (χ1) is 9.56. The van der Waals surface area contributed by atoms with Crippen molar-refractivity contribution in [1.29, 1.82) is 0 Å². The van der Waals surface area contributed by atoms with Crippen molar-refractivity contribution in [2.75, 3.05) is 18.5 Å². The number of phenolic OH excluding ortho intramolecular Hbond substituents is 1. The van der Waals surface area contributed by atoms with Gasteiger partial charge in [0.1, 0.15) is 5.75 Å². The van der Waals surface area contributed by atoms with Crippen LogP contribution in [0.3, 0.4) is 0 Å². The smallest absolute Gasteiger partial charge is 0.115 e. The molecule has 3 nitrogen and oxygen atoms in total. The molecule has 2 aromatic carbocycles. The van der Waals surface area contributed by atoms with Crippen molar-refractivity contribution in [2.45, 2.75) is 12.5 Å². The van der Waals surface area contributed by atoms with Gasteiger partial charge in [-0.25, -0.2) is 0 Å². The molecule has 0 aliphatic rings. The normalized spacial score (nSPS) is 12.2. The largest absolute Gasteiger partial charge is 0.508 e. The van der Waals surface area contributed by atoms with Crippen molar-refractivity contribution in [1.82, 2.24) is 0 Å². The highest BCUT2D eigenvalue weighted by Gasteiger charge is 2.08. The summed E-state index contributed by atoms with van der Waals surface area (Å²) in [5.74, 6) is 0.285. The van der Waals surface area contributed by atoms with Crippen LogP contribution in [0.4, 0.5) is 5.69 Å². The van der Waals surface area contributed by atoms with E-state index in [1.165, 1.54) is 0 Å². The molecule has 1 atom stereocenters. The summed E-state index contributed by atoms with van der Waals surface area (Å²) in [5, 5.41) is 9.29. The molecular weight excluding hydrogens is 316 g/mol. The van der Waals surface area contributed by atoms with Crippen LogP contribution in [0.2, 0.25) is 0 Å². The van der Waals surface area contributed by atoms with E-state index in [1.807, 2.05) is 31.3 Å². The lowest BCUT2D eigenvalue weighted by molar-refractivity contribution is 0.475. The molecule has 0 bridgehead atoms. The molecule has 0 aliphatic heterocycles. The molecule has 1 unspecified atom stereocenters. The maximum atomic E-state index is 9.29. The van der Waals surface area contributed by atoms with Crippen LogP contribution in [0.15, 0.2) is 53.0 Å². The number of rotatable bonds is 5. The topological polar surface area (TPSA) is 49.5 Å². The highest BCUT2D eigenvalue weighted by Crippen LogP contribution is 2.21. The summed E-state index contributed by atoms with van der Waals surface area (Å²) in [6, 6.07) is 15.3. The maximum absolute atomic E-state index is 9.29. The van der Waals surface area contributed by atoms with Crippen LogP contribution in [0.25, 0.3) is 0 Å². The highest BCUT2D eigenvalue weighted by atomic mass is 79.9. The van der Waals surface area contributed by atoms with Crippen LogP contribution < -0.4 is 10.6 Å². The zero-order valence-electron chi connectivity index (χ0n) is 11.5. The monoisotopic (exact) mass is 334 g/mol. The summed E-state index contributed by atoms with van der Waals surface area (Å²) in [6.45, 7) is 0.860. The molecule has 0 spiro atoms. The molecule has 3 N–H and O–H groups in total. The van der Waals surface area contributed by atoms with Crippen LogP contribution in [-0.2, 0) is 0 Å². The average molecular weight is 335 g/mol. The van der Waals surface area contributed by atoms with E-state index in [4.69, 9.17) is 5.73 Å². The Hall–Kier alpha value is -1.52. The fourth-order valence-corrected chi connectivity index (χ4v) is 2.49. The molecule has 0 fully saturated rings. The van der Waals surface area contributed by atoms with E-state index >= 15 is 0 Å². The van der Waals surface area contributed by atoms with Gasteiger partial charge in [-0.3, -0.25) is 0 Å². The van der Waals surface area contributed by atoms with Crippen molar-refractivity contribution in [3.63, 3.8) is 0 Å². The quantitative estimate of drug-likeness (QED) is 0.876. The van der Waals surface area contributed by atoms with Gasteiger partial charge in [-0.15, -0.1) is 0 Å². The molecular formula is C16H19BrN2O. The third-order valence-electron chi connectivity index (χ3n) is 3.34. The summed E-state index contributed by atoms with van der Waals surface area (Å²) in [4.78, 5) is 2.14. The summed E-state index contributed by atoms with van der Waals surface area (Å²) in [6.07, 6.45) is 0.869. The summed E-state index contributed by atoms with van der Waals surface area (Å²) in [5.41, 5.74) is 8.44. The molecule has 0 radical (unpaired) electrons. The fraction of sp³-hybridized carbons (Fsp3) is 0.250. The Bertz CT molecular complexity index is 557. The summed E-state index contributed by atoms with van der Waals surface area (Å²) in [7, 11) is 2.03. The summed E-state index contributed by atoms with van der Waals surface area (Å²) >= 11 is 3.46. The molecule has 106 valence electrons. The Labute approximate surface area is 128 Å². The molecule has 0 amide bonds. The van der Waals surface area contributed by atoms with Gasteiger partial charge in [-0.2, -0.15) is 0 Å². The van der Waals surface area contributed by atoms with Crippen molar-refractivity contribution in [2.24, 2.45) is 5.73 Å². The fourth-order valence-electron chi connectivity index (χ4n) is 2.07. The van der Waals surface area contributed by atoms with Gasteiger partial charge in [0.15, 0.2) is 0 Å². The second-order valence-electron chi connectivity index (χ2n) is 4.89. The van der Waals surface area contributed by atoms with Crippen LogP contribution in [0.1, 0.15) is 18.0 Å². The Morgan fingerprint density at radius 1 is 1.20 bits per heavy atom. The zero-order chi connectivity index (χ0) is 14.5. The first-order valence-corrected chi connectivity index (χ1v) is 7.37. The maximum Gasteiger partial charge on any atom is 0.115 e. The lowest BCUT2D eigenvalue weighted by atomic mass is 10.0. The predicted molar refractivity (Wildman–Crippen MR) is 87.1 cm³/mol. The molecule has 0 aromatic heterocycles. The Balaban J connectivity index is 1.93. The summed E-state index contributed by atoms with van der Waals surface area (Å²) < 4.78 is 1.05. The molecule has 4 heteroatoms. The lowest BCUT2D eigenvalue weighted by Gasteiger charge is -2.22. The number of nitrogens with two attached hydrogens (primary N) is 1. The second kappa shape index (κ2) is 6.77. The molecule has 0 aliphatic carbocycles. The third-order valence-corrected chi connectivity index (χ3v) is 3.84. The Kier molecular flexibility index (Phi) is 5.04. The zero-order valence-corrected chi connectivity index (χ0v) is 13.0. The van der Waals surface area contributed by atoms with Crippen molar-refractivity contribution < 1.29 is 5.11 Å². The van der Waals surface area contributed by atoms with Crippen LogP contribution in [-0.4, -0.2) is 18.7 Å². The molecule has 0 heterocycles. The van der Waals surface area contributed by atoms with Crippen LogP contribution >= 0.6 is 15.9 Å². The van der Waals surface area contributed by atoms with Crippen molar-refractivity contribution in [3.8, 4) is 5.75 Å². The third kappa shape index (κ3) is 3.99. The number of hydrogen-bond donors (Lipinski definition) is 2. The standard InChI is InChI=1S/C16H19BrN2O/c1-19(14-5-7-15(20)8-6-14)10-9-16(18)12-3-2-4-13(17)11-12/h2-8,11,16,20H,9-10,18H2,1H3. The van der Waals surface area contributed by atoms with E-state index in [9.17, 15) is 5.11 Å². The second-order valence-corrected chi connectivity index (χ2v) is 5.80. The van der Waals surface area contributed by atoms with Gasteiger partial charge in [0.2, 0.25) is 0 Å². The van der Waals surface area contributed by atoms with Crippen molar-refractivity contribution >= 4 is 21.6 Å². The number of phenols is 1. The number of nitrogens with zero attached hydrogens (tertiary/aromatic N) is 1. The Morgan fingerprint density at radius 3 is 2.55 bits per heavy atom. The molecule has 0 saturated carbocycles. The van der Waals surface area contributed by atoms with Crippen LogP contribution in [0.5, 0.6) is 5.75 Å². The van der Waals surface area contributed by atoms with Gasteiger partial charge in [0.25, 0.3) is 0 Å². The first-order valence-electron chi connectivity index (χ1n) is 6.57. The number of hydrogen-bond acceptors (Lipinski definition) is 3. The first kappa shape index (κ1) is 14.9. The minimum absolute atomic E-state index is 0.0204. The van der Waals surface area contributed by atoms with Crippen LogP contribution in [0, 0.1) is 0 Å². The average Bonchev–Trinajstić information content (AvgIpc) is 2.45. The molecule has 2 rings (SSSR count). The molecule has 2 aromatic rings. The van der Waals surface area contributed by atoms with Gasteiger partial charge in [0, 0.05) is 29.8 Å². The van der Waals surface area contributed by atoms with E-state index in [-0.39, 0.29) is 11.8 Å². The highest BCUT2D eigenvalue weighted by molar-refractivity contribution is 9.10. The van der Waals surface area contributed by atoms with Gasteiger partial charge in [-0.1, -0.05) is 28.1 Å². The van der Waals surface area contributed by atoms with Gasteiger partial charge in [0.05, 0.1) is 0 Å². The van der Waals surface area contributed by atoms with E-state index < -0.39 is 0 Å². The van der Waals surface area contributed by atoms with Crippen molar-refractivity contribution in [3.05, 3.63) is 58.6 Å². The molecule has 20 heavy (non-hydrogen) atoms. The Morgan fingerprint density at radius 2 is 1.90 bits per heavy atom. The van der Waals surface area contributed by atoms with Gasteiger partial charge < -0.3 is 15.7 Å². The van der Waals surface area contributed by atoms with E-state index in [0.29, 0.717) is 0 Å². The minimum Gasteiger partial charge on any atom is -0.508 e. The van der Waals surface area contributed by atoms with Gasteiger partial charge in [-0.05, 0) is 48.4 Å². The number of halogens is 1. The van der Waals surface area contributed by atoms with E-state index in [0.717, 1.165) is 28.7 Å². The van der Waals surface area contributed by atoms with E-state index in [2.05, 4.69) is 33.0 Å². The predicted octanol–water partition coefficient (Wildman–Crippen LogP) is 3.68. The SMILES string of the molecule is CN(CCC(N)c1cccc(Br)c1)c1ccc(O)cc1. The number of anilines is 1. The lowest BCUT2D eigenvalue weighted by Crippen LogP contribution is -2.23. The number of aromatic hydroxyl groups is 1. The van der Waals surface area contributed by atoms with E-state index in [1.54, 1.807) is 12.1 Å².